The lowest BCUT2D eigenvalue weighted by molar-refractivity contribution is -0.121. The molecule has 0 radical (unpaired) electrons. The fraction of sp³-hybridized carbons (Fsp3) is 0.105. The Bertz CT molecular complexity index is 1180. The molecule has 2 aromatic heterocycles. The number of aromatic nitrogens is 2. The molecule has 4 rings (SSSR count). The van der Waals surface area contributed by atoms with Crippen LogP contribution in [0.3, 0.4) is 0 Å². The maximum Gasteiger partial charge on any atom is 0.261 e. The van der Waals surface area contributed by atoms with E-state index >= 15 is 0 Å². The highest BCUT2D eigenvalue weighted by Crippen LogP contribution is 2.25. The summed E-state index contributed by atoms with van der Waals surface area (Å²) in [5.41, 5.74) is 1.46. The molecule has 4 aromatic rings. The number of fused-ring (bicyclic) bond motifs is 2. The van der Waals surface area contributed by atoms with Crippen molar-refractivity contribution in [2.45, 2.75) is 13.1 Å². The fourth-order valence-electron chi connectivity index (χ4n) is 2.82. The number of nitrogens with zero attached hydrogens (tertiary/aromatic N) is 2. The highest BCUT2D eigenvalue weighted by atomic mass is 79.9. The second-order valence-corrected chi connectivity index (χ2v) is 7.70. The third-order valence-electron chi connectivity index (χ3n) is 4.14. The molecule has 2 heterocycles. The van der Waals surface area contributed by atoms with Crippen LogP contribution >= 0.6 is 27.3 Å². The molecule has 0 saturated heterocycles. The summed E-state index contributed by atoms with van der Waals surface area (Å²) in [7, 11) is 0. The average Bonchev–Trinajstić information content (AvgIpc) is 3.06. The first-order valence-corrected chi connectivity index (χ1v) is 9.65. The summed E-state index contributed by atoms with van der Waals surface area (Å²) in [4.78, 5) is 29.1. The van der Waals surface area contributed by atoms with Gasteiger partial charge in [0.2, 0.25) is 5.91 Å². The first-order chi connectivity index (χ1) is 12.6. The van der Waals surface area contributed by atoms with Gasteiger partial charge in [0.25, 0.3) is 5.56 Å². The first kappa shape index (κ1) is 16.9. The van der Waals surface area contributed by atoms with Crippen LogP contribution in [0.25, 0.3) is 21.0 Å². The number of hydrogen-bond donors (Lipinski definition) is 1. The maximum absolute atomic E-state index is 12.5. The van der Waals surface area contributed by atoms with Crippen molar-refractivity contribution in [3.8, 4) is 0 Å². The molecule has 0 aliphatic carbocycles. The summed E-state index contributed by atoms with van der Waals surface area (Å²) < 4.78 is 3.32. The quantitative estimate of drug-likeness (QED) is 0.539. The standard InChI is InChI=1S/C19H14BrN3O2S/c20-13-5-6-16-15(7-13)19(25)23(11-22-16)9-18(24)21-8-12-10-26-17-4-2-1-3-14(12)17/h1-7,10-11H,8-9H2,(H,21,24). The summed E-state index contributed by atoms with van der Waals surface area (Å²) in [6, 6.07) is 13.4. The van der Waals surface area contributed by atoms with Crippen LogP contribution in [0.5, 0.6) is 0 Å². The Morgan fingerprint density at radius 1 is 1.19 bits per heavy atom. The Kier molecular flexibility index (Phi) is 4.57. The van der Waals surface area contributed by atoms with Crippen molar-refractivity contribution in [3.05, 3.63) is 74.6 Å². The normalized spacial score (nSPS) is 11.1. The van der Waals surface area contributed by atoms with E-state index in [4.69, 9.17) is 0 Å². The second-order valence-electron chi connectivity index (χ2n) is 5.87. The molecule has 0 unspecified atom stereocenters. The SMILES string of the molecule is O=C(Cn1cnc2ccc(Br)cc2c1=O)NCc1csc2ccccc12. The van der Waals surface area contributed by atoms with E-state index in [1.54, 1.807) is 23.5 Å². The van der Waals surface area contributed by atoms with E-state index in [1.165, 1.54) is 15.6 Å². The van der Waals surface area contributed by atoms with Gasteiger partial charge in [-0.3, -0.25) is 14.2 Å². The number of carbonyl (C=O) groups excluding carboxylic acids is 1. The molecule has 1 amide bonds. The van der Waals surface area contributed by atoms with Gasteiger partial charge in [-0.15, -0.1) is 11.3 Å². The van der Waals surface area contributed by atoms with Gasteiger partial charge in [-0.2, -0.15) is 0 Å². The summed E-state index contributed by atoms with van der Waals surface area (Å²) in [6.07, 6.45) is 1.41. The lowest BCUT2D eigenvalue weighted by Gasteiger charge is -2.08. The predicted octanol–water partition coefficient (Wildman–Crippen LogP) is 3.69. The van der Waals surface area contributed by atoms with Crippen LogP contribution in [0.1, 0.15) is 5.56 Å². The van der Waals surface area contributed by atoms with Crippen molar-refractivity contribution in [1.29, 1.82) is 0 Å². The van der Waals surface area contributed by atoms with Crippen LogP contribution in [-0.2, 0) is 17.9 Å². The summed E-state index contributed by atoms with van der Waals surface area (Å²) in [6.45, 7) is 0.376. The van der Waals surface area contributed by atoms with E-state index in [0.717, 1.165) is 15.4 Å². The molecular formula is C19H14BrN3O2S. The monoisotopic (exact) mass is 427 g/mol. The summed E-state index contributed by atoms with van der Waals surface area (Å²) in [5, 5.41) is 6.56. The van der Waals surface area contributed by atoms with Gasteiger partial charge in [-0.05, 0) is 40.6 Å². The molecule has 5 nitrogen and oxygen atoms in total. The molecular weight excluding hydrogens is 414 g/mol. The largest absolute Gasteiger partial charge is 0.350 e. The van der Waals surface area contributed by atoms with Gasteiger partial charge in [0, 0.05) is 15.7 Å². The van der Waals surface area contributed by atoms with Crippen LogP contribution in [0.2, 0.25) is 0 Å². The van der Waals surface area contributed by atoms with Crippen LogP contribution < -0.4 is 10.9 Å². The number of thiophene rings is 1. The Hall–Kier alpha value is -2.51. The number of carbonyl (C=O) groups is 1. The molecule has 0 aliphatic rings. The Labute approximate surface area is 161 Å². The molecule has 2 aromatic carbocycles. The van der Waals surface area contributed by atoms with E-state index in [0.29, 0.717) is 17.4 Å². The lowest BCUT2D eigenvalue weighted by atomic mass is 10.2. The van der Waals surface area contributed by atoms with Gasteiger partial charge >= 0.3 is 0 Å². The highest BCUT2D eigenvalue weighted by Gasteiger charge is 2.10. The van der Waals surface area contributed by atoms with E-state index in [2.05, 4.69) is 32.3 Å². The van der Waals surface area contributed by atoms with E-state index < -0.39 is 0 Å². The third-order valence-corrected chi connectivity index (χ3v) is 5.64. The topological polar surface area (TPSA) is 64.0 Å². The molecule has 0 aliphatic heterocycles. The smallest absolute Gasteiger partial charge is 0.261 e. The zero-order valence-corrected chi connectivity index (χ0v) is 16.0. The minimum atomic E-state index is -0.229. The minimum Gasteiger partial charge on any atom is -0.350 e. The van der Waals surface area contributed by atoms with Crippen LogP contribution in [0.4, 0.5) is 0 Å². The molecule has 0 bridgehead atoms. The highest BCUT2D eigenvalue weighted by molar-refractivity contribution is 9.10. The van der Waals surface area contributed by atoms with Crippen molar-refractivity contribution < 1.29 is 4.79 Å². The van der Waals surface area contributed by atoms with Gasteiger partial charge in [0.15, 0.2) is 0 Å². The number of halogens is 1. The van der Waals surface area contributed by atoms with Crippen LogP contribution in [-0.4, -0.2) is 15.5 Å². The van der Waals surface area contributed by atoms with Gasteiger partial charge in [-0.25, -0.2) is 4.98 Å². The fourth-order valence-corrected chi connectivity index (χ4v) is 4.14. The molecule has 0 fully saturated rings. The van der Waals surface area contributed by atoms with Crippen LogP contribution in [0, 0.1) is 0 Å². The molecule has 0 saturated carbocycles. The van der Waals surface area contributed by atoms with E-state index in [9.17, 15) is 9.59 Å². The summed E-state index contributed by atoms with van der Waals surface area (Å²) in [5.74, 6) is -0.224. The zero-order valence-electron chi connectivity index (χ0n) is 13.6. The van der Waals surface area contributed by atoms with Crippen LogP contribution in [0.15, 0.2) is 63.4 Å². The molecule has 26 heavy (non-hydrogen) atoms. The Balaban J connectivity index is 1.50. The van der Waals surface area contributed by atoms with E-state index in [-0.39, 0.29) is 18.0 Å². The maximum atomic E-state index is 12.5. The van der Waals surface area contributed by atoms with Gasteiger partial charge in [0.1, 0.15) is 6.54 Å². The van der Waals surface area contributed by atoms with Crippen molar-refractivity contribution in [1.82, 2.24) is 14.9 Å². The number of nitrogens with one attached hydrogen (secondary N) is 1. The second kappa shape index (κ2) is 7.01. The van der Waals surface area contributed by atoms with Gasteiger partial charge in [-0.1, -0.05) is 34.1 Å². The number of amides is 1. The molecule has 130 valence electrons. The van der Waals surface area contributed by atoms with Crippen molar-refractivity contribution in [2.24, 2.45) is 0 Å². The zero-order chi connectivity index (χ0) is 18.1. The van der Waals surface area contributed by atoms with E-state index in [1.807, 2.05) is 29.6 Å². The molecule has 1 N–H and O–H groups in total. The molecule has 0 spiro atoms. The third kappa shape index (κ3) is 3.27. The molecule has 0 atom stereocenters. The van der Waals surface area contributed by atoms with Crippen molar-refractivity contribution in [3.63, 3.8) is 0 Å². The molecule has 7 heteroatoms. The van der Waals surface area contributed by atoms with Crippen molar-refractivity contribution in [2.75, 3.05) is 0 Å². The first-order valence-electron chi connectivity index (χ1n) is 7.98. The predicted molar refractivity (Wildman–Crippen MR) is 107 cm³/mol. The Morgan fingerprint density at radius 3 is 2.92 bits per heavy atom. The Morgan fingerprint density at radius 2 is 2.04 bits per heavy atom. The number of benzene rings is 2. The van der Waals surface area contributed by atoms with Crippen molar-refractivity contribution >= 4 is 54.2 Å². The number of hydrogen-bond acceptors (Lipinski definition) is 4. The number of rotatable bonds is 4. The average molecular weight is 428 g/mol. The minimum absolute atomic E-state index is 0.0592. The van der Waals surface area contributed by atoms with Gasteiger partial charge < -0.3 is 5.32 Å². The van der Waals surface area contributed by atoms with Gasteiger partial charge in [0.05, 0.1) is 17.2 Å². The summed E-state index contributed by atoms with van der Waals surface area (Å²) >= 11 is 5.01. The lowest BCUT2D eigenvalue weighted by Crippen LogP contribution is -2.32.